The molecule has 2 aromatic carbocycles. The van der Waals surface area contributed by atoms with Crippen LogP contribution in [-0.2, 0) is 9.47 Å². The standard InChI is InChI=1S/C31H40N4O4/c1-21(19-32-30(37)39-31(2,3)4)22-10-12-23(13-11-22)24-14-15-26-25(29(24)27(36)16-17-34(5)6)20-35(33-26)28-9-7-8-18-38-28/h10-17,20-21,28H,7-9,18-19H2,1-6H3,(H,32,37). The molecule has 8 nitrogen and oxygen atoms in total. The first-order valence-electron chi connectivity index (χ1n) is 13.6. The van der Waals surface area contributed by atoms with Gasteiger partial charge in [0, 0.05) is 56.7 Å². The van der Waals surface area contributed by atoms with Crippen molar-refractivity contribution >= 4 is 22.8 Å². The van der Waals surface area contributed by atoms with Gasteiger partial charge in [0.15, 0.2) is 5.78 Å². The Kier molecular flexibility index (Phi) is 8.75. The Morgan fingerprint density at radius 2 is 1.92 bits per heavy atom. The van der Waals surface area contributed by atoms with Crippen molar-refractivity contribution < 1.29 is 19.1 Å². The van der Waals surface area contributed by atoms with Crippen molar-refractivity contribution in [2.24, 2.45) is 0 Å². The lowest BCUT2D eigenvalue weighted by Gasteiger charge is -2.22. The number of alkyl carbamates (subject to hydrolysis) is 1. The SMILES string of the molecule is CC(CNC(=O)OC(C)(C)C)c1ccc(-c2ccc3nn(C4CCCCO4)cc3c2C(=O)C=CN(C)C)cc1. The van der Waals surface area contributed by atoms with E-state index >= 15 is 0 Å². The van der Waals surface area contributed by atoms with Crippen LogP contribution in [0.5, 0.6) is 0 Å². The normalized spacial score (nSPS) is 16.8. The summed E-state index contributed by atoms with van der Waals surface area (Å²) in [6.45, 7) is 8.77. The molecule has 208 valence electrons. The van der Waals surface area contributed by atoms with Gasteiger partial charge in [-0.15, -0.1) is 0 Å². The van der Waals surface area contributed by atoms with Gasteiger partial charge in [-0.1, -0.05) is 37.3 Å². The molecular formula is C31H40N4O4. The quantitative estimate of drug-likeness (QED) is 0.271. The molecule has 4 rings (SSSR count). The number of carbonyl (C=O) groups excluding carboxylic acids is 2. The van der Waals surface area contributed by atoms with E-state index in [4.69, 9.17) is 14.6 Å². The second-order valence-corrected chi connectivity index (χ2v) is 11.4. The second kappa shape index (κ2) is 12.0. The Hall–Kier alpha value is -3.65. The van der Waals surface area contributed by atoms with Gasteiger partial charge in [-0.2, -0.15) is 5.10 Å². The van der Waals surface area contributed by atoms with E-state index in [1.165, 1.54) is 0 Å². The Morgan fingerprint density at radius 1 is 1.18 bits per heavy atom. The van der Waals surface area contributed by atoms with Gasteiger partial charge in [-0.25, -0.2) is 9.48 Å². The van der Waals surface area contributed by atoms with E-state index in [2.05, 4.69) is 12.2 Å². The van der Waals surface area contributed by atoms with E-state index < -0.39 is 11.7 Å². The third-order valence-corrected chi connectivity index (χ3v) is 6.67. The molecule has 1 saturated heterocycles. The zero-order valence-electron chi connectivity index (χ0n) is 23.9. The Balaban J connectivity index is 1.63. The van der Waals surface area contributed by atoms with Gasteiger partial charge < -0.3 is 19.7 Å². The third-order valence-electron chi connectivity index (χ3n) is 6.67. The van der Waals surface area contributed by atoms with Crippen LogP contribution in [0.15, 0.2) is 54.9 Å². The van der Waals surface area contributed by atoms with Crippen LogP contribution in [-0.4, -0.2) is 59.4 Å². The maximum Gasteiger partial charge on any atom is 0.407 e. The maximum atomic E-state index is 13.5. The van der Waals surface area contributed by atoms with Crippen molar-refractivity contribution in [2.75, 3.05) is 27.2 Å². The van der Waals surface area contributed by atoms with Crippen LogP contribution in [0.25, 0.3) is 22.0 Å². The fourth-order valence-corrected chi connectivity index (χ4v) is 4.66. The number of hydrogen-bond acceptors (Lipinski definition) is 6. The predicted molar refractivity (Wildman–Crippen MR) is 154 cm³/mol. The molecule has 3 aromatic rings. The lowest BCUT2D eigenvalue weighted by Crippen LogP contribution is -2.34. The first kappa shape index (κ1) is 28.4. The maximum absolute atomic E-state index is 13.5. The molecule has 2 unspecified atom stereocenters. The fraction of sp³-hybridized carbons (Fsp3) is 0.452. The third kappa shape index (κ3) is 7.26. The number of ketones is 1. The number of carbonyl (C=O) groups is 2. The first-order valence-corrected chi connectivity index (χ1v) is 13.6. The average molecular weight is 533 g/mol. The van der Waals surface area contributed by atoms with E-state index in [1.54, 1.807) is 12.3 Å². The molecule has 0 spiro atoms. The molecular weight excluding hydrogens is 492 g/mol. The number of amides is 1. The molecule has 39 heavy (non-hydrogen) atoms. The van der Waals surface area contributed by atoms with Crippen molar-refractivity contribution in [3.63, 3.8) is 0 Å². The van der Waals surface area contributed by atoms with Gasteiger partial charge in [-0.3, -0.25) is 4.79 Å². The average Bonchev–Trinajstić information content (AvgIpc) is 3.34. The molecule has 0 saturated carbocycles. The van der Waals surface area contributed by atoms with Crippen molar-refractivity contribution in [2.45, 2.75) is 64.7 Å². The molecule has 2 atom stereocenters. The van der Waals surface area contributed by atoms with Gasteiger partial charge in [0.2, 0.25) is 0 Å². The Bertz CT molecular complexity index is 1330. The Morgan fingerprint density at radius 3 is 2.56 bits per heavy atom. The number of aromatic nitrogens is 2. The van der Waals surface area contributed by atoms with Gasteiger partial charge in [-0.05, 0) is 68.7 Å². The summed E-state index contributed by atoms with van der Waals surface area (Å²) >= 11 is 0. The monoisotopic (exact) mass is 532 g/mol. The van der Waals surface area contributed by atoms with Crippen LogP contribution in [0.3, 0.4) is 0 Å². The van der Waals surface area contributed by atoms with Crippen LogP contribution in [0.1, 0.15) is 75.0 Å². The summed E-state index contributed by atoms with van der Waals surface area (Å²) in [5, 5.41) is 8.42. The minimum absolute atomic E-state index is 0.0765. The van der Waals surface area contributed by atoms with Crippen molar-refractivity contribution in [3.8, 4) is 11.1 Å². The van der Waals surface area contributed by atoms with Gasteiger partial charge in [0.05, 0.1) is 5.52 Å². The molecule has 1 fully saturated rings. The topological polar surface area (TPSA) is 85.7 Å². The predicted octanol–water partition coefficient (Wildman–Crippen LogP) is 6.29. The smallest absolute Gasteiger partial charge is 0.407 e. The van der Waals surface area contributed by atoms with Crippen molar-refractivity contribution in [1.82, 2.24) is 20.0 Å². The Labute approximate surface area is 231 Å². The number of fused-ring (bicyclic) bond motifs is 1. The summed E-state index contributed by atoms with van der Waals surface area (Å²) < 4.78 is 13.1. The van der Waals surface area contributed by atoms with Gasteiger partial charge in [0.1, 0.15) is 11.8 Å². The molecule has 0 bridgehead atoms. The van der Waals surface area contributed by atoms with Gasteiger partial charge >= 0.3 is 6.09 Å². The molecule has 1 aromatic heterocycles. The highest BCUT2D eigenvalue weighted by Crippen LogP contribution is 2.33. The number of hydrogen-bond donors (Lipinski definition) is 1. The number of allylic oxidation sites excluding steroid dienone is 1. The van der Waals surface area contributed by atoms with Crippen molar-refractivity contribution in [1.29, 1.82) is 0 Å². The number of nitrogens with zero attached hydrogens (tertiary/aromatic N) is 3. The van der Waals surface area contributed by atoms with Crippen molar-refractivity contribution in [3.05, 3.63) is 66.0 Å². The van der Waals surface area contributed by atoms with Crippen LogP contribution in [0.4, 0.5) is 4.79 Å². The highest BCUT2D eigenvalue weighted by Gasteiger charge is 2.22. The van der Waals surface area contributed by atoms with Crippen LogP contribution in [0, 0.1) is 0 Å². The molecule has 1 N–H and O–H groups in total. The second-order valence-electron chi connectivity index (χ2n) is 11.4. The summed E-state index contributed by atoms with van der Waals surface area (Å²) in [7, 11) is 3.78. The summed E-state index contributed by atoms with van der Waals surface area (Å²) in [4.78, 5) is 27.4. The van der Waals surface area contributed by atoms with E-state index in [0.29, 0.717) is 12.1 Å². The minimum Gasteiger partial charge on any atom is -0.444 e. The fourth-order valence-electron chi connectivity index (χ4n) is 4.66. The first-order chi connectivity index (χ1) is 18.5. The zero-order chi connectivity index (χ0) is 28.2. The summed E-state index contributed by atoms with van der Waals surface area (Å²) in [6, 6.07) is 12.1. The molecule has 0 aliphatic carbocycles. The number of ether oxygens (including phenoxy) is 2. The van der Waals surface area contributed by atoms with E-state index in [9.17, 15) is 9.59 Å². The molecule has 0 radical (unpaired) electrons. The molecule has 1 aliphatic rings. The highest BCUT2D eigenvalue weighted by molar-refractivity contribution is 6.17. The number of nitrogens with one attached hydrogen (secondary N) is 1. The lowest BCUT2D eigenvalue weighted by molar-refractivity contribution is -0.0390. The van der Waals surface area contributed by atoms with E-state index in [-0.39, 0.29) is 17.9 Å². The lowest BCUT2D eigenvalue weighted by atomic mass is 9.92. The van der Waals surface area contributed by atoms with Crippen LogP contribution >= 0.6 is 0 Å². The minimum atomic E-state index is -0.535. The highest BCUT2D eigenvalue weighted by atomic mass is 16.6. The van der Waals surface area contributed by atoms with Crippen LogP contribution in [0.2, 0.25) is 0 Å². The molecule has 2 heterocycles. The van der Waals surface area contributed by atoms with E-state index in [1.807, 2.05) is 87.0 Å². The van der Waals surface area contributed by atoms with Crippen LogP contribution < -0.4 is 5.32 Å². The summed E-state index contributed by atoms with van der Waals surface area (Å²) in [5.41, 5.74) is 3.74. The molecule has 8 heteroatoms. The molecule has 1 amide bonds. The number of rotatable bonds is 8. The largest absolute Gasteiger partial charge is 0.444 e. The van der Waals surface area contributed by atoms with E-state index in [0.717, 1.165) is 53.5 Å². The summed E-state index contributed by atoms with van der Waals surface area (Å²) in [6.07, 6.45) is 7.86. The zero-order valence-corrected chi connectivity index (χ0v) is 23.9. The van der Waals surface area contributed by atoms with Gasteiger partial charge in [0.25, 0.3) is 0 Å². The molecule has 1 aliphatic heterocycles. The summed E-state index contributed by atoms with van der Waals surface area (Å²) in [5.74, 6) is 0.0133. The number of benzene rings is 2.